The van der Waals surface area contributed by atoms with E-state index in [0.717, 1.165) is 0 Å². The minimum Gasteiger partial charge on any atom is -0.494 e. The number of amides is 1. The first-order chi connectivity index (χ1) is 10.9. The molecule has 1 heterocycles. The Morgan fingerprint density at radius 3 is 2.65 bits per heavy atom. The summed E-state index contributed by atoms with van der Waals surface area (Å²) in [5.74, 6) is 0.0646. The zero-order valence-corrected chi connectivity index (χ0v) is 13.4. The number of methoxy groups -OCH3 is 1. The van der Waals surface area contributed by atoms with E-state index in [1.165, 1.54) is 25.3 Å². The fourth-order valence-electron chi connectivity index (χ4n) is 2.70. The molecule has 1 fully saturated rings. The maximum Gasteiger partial charge on any atom is 0.273 e. The van der Waals surface area contributed by atoms with Crippen LogP contribution in [-0.4, -0.2) is 54.7 Å². The molecule has 1 aliphatic rings. The second kappa shape index (κ2) is 7.38. The number of hydrogen-bond donors (Lipinski definition) is 1. The molecule has 23 heavy (non-hydrogen) atoms. The summed E-state index contributed by atoms with van der Waals surface area (Å²) in [5.41, 5.74) is 0.327. The minimum atomic E-state index is -0.509. The molecule has 1 aromatic rings. The van der Waals surface area contributed by atoms with Crippen LogP contribution in [0.1, 0.15) is 13.8 Å². The molecule has 0 unspecified atom stereocenters. The van der Waals surface area contributed by atoms with Gasteiger partial charge in [-0.15, -0.1) is 0 Å². The quantitative estimate of drug-likeness (QED) is 0.654. The average Bonchev–Trinajstić information content (AvgIpc) is 2.46. The van der Waals surface area contributed by atoms with Crippen molar-refractivity contribution in [1.82, 2.24) is 4.90 Å². The Kier molecular flexibility index (Phi) is 5.51. The Morgan fingerprint density at radius 1 is 1.43 bits per heavy atom. The van der Waals surface area contributed by atoms with Crippen LogP contribution in [0.4, 0.5) is 11.4 Å². The summed E-state index contributed by atoms with van der Waals surface area (Å²) in [4.78, 5) is 24.5. The number of anilines is 1. The monoisotopic (exact) mass is 323 g/mol. The van der Waals surface area contributed by atoms with Gasteiger partial charge in [-0.1, -0.05) is 0 Å². The largest absolute Gasteiger partial charge is 0.494 e. The summed E-state index contributed by atoms with van der Waals surface area (Å²) >= 11 is 0. The predicted octanol–water partition coefficient (Wildman–Crippen LogP) is 1.65. The van der Waals surface area contributed by atoms with Gasteiger partial charge in [0, 0.05) is 19.2 Å². The first-order valence-electron chi connectivity index (χ1n) is 7.39. The van der Waals surface area contributed by atoms with Gasteiger partial charge in [-0.05, 0) is 19.9 Å². The maximum atomic E-state index is 12.2. The van der Waals surface area contributed by atoms with Gasteiger partial charge < -0.3 is 14.8 Å². The van der Waals surface area contributed by atoms with Crippen molar-refractivity contribution in [2.75, 3.05) is 32.1 Å². The SMILES string of the molecule is COc1cc([N+](=O)[O-])ccc1NC(=O)CN1C[C@@H](C)O[C@H](C)C1. The van der Waals surface area contributed by atoms with Gasteiger partial charge in [0.2, 0.25) is 5.91 Å². The number of hydrogen-bond acceptors (Lipinski definition) is 6. The van der Waals surface area contributed by atoms with Gasteiger partial charge in [-0.2, -0.15) is 0 Å². The van der Waals surface area contributed by atoms with E-state index in [4.69, 9.17) is 9.47 Å². The van der Waals surface area contributed by atoms with E-state index in [2.05, 4.69) is 5.32 Å². The van der Waals surface area contributed by atoms with E-state index >= 15 is 0 Å². The molecule has 126 valence electrons. The third-order valence-corrected chi connectivity index (χ3v) is 3.53. The molecule has 1 aromatic carbocycles. The van der Waals surface area contributed by atoms with E-state index in [1.54, 1.807) is 0 Å². The highest BCUT2D eigenvalue weighted by atomic mass is 16.6. The Morgan fingerprint density at radius 2 is 2.09 bits per heavy atom. The third kappa shape index (κ3) is 4.64. The molecule has 0 aliphatic carbocycles. The lowest BCUT2D eigenvalue weighted by Gasteiger charge is -2.34. The van der Waals surface area contributed by atoms with Crippen molar-refractivity contribution in [2.24, 2.45) is 0 Å². The zero-order valence-electron chi connectivity index (χ0n) is 13.4. The highest BCUT2D eigenvalue weighted by Crippen LogP contribution is 2.29. The fourth-order valence-corrected chi connectivity index (χ4v) is 2.70. The maximum absolute atomic E-state index is 12.2. The molecule has 0 aromatic heterocycles. The number of carbonyl (C=O) groups excluding carboxylic acids is 1. The van der Waals surface area contributed by atoms with Crippen LogP contribution in [-0.2, 0) is 9.53 Å². The number of benzene rings is 1. The van der Waals surface area contributed by atoms with E-state index in [0.29, 0.717) is 18.8 Å². The Bertz CT molecular complexity index is 582. The lowest BCUT2D eigenvalue weighted by molar-refractivity contribution is -0.384. The number of rotatable bonds is 5. The van der Waals surface area contributed by atoms with Crippen molar-refractivity contribution in [1.29, 1.82) is 0 Å². The van der Waals surface area contributed by atoms with E-state index < -0.39 is 4.92 Å². The number of morpholine rings is 1. The Labute approximate surface area is 134 Å². The van der Waals surface area contributed by atoms with Crippen molar-refractivity contribution < 1.29 is 19.2 Å². The second-order valence-electron chi connectivity index (χ2n) is 5.64. The zero-order chi connectivity index (χ0) is 17.0. The molecular weight excluding hydrogens is 302 g/mol. The summed E-state index contributed by atoms with van der Waals surface area (Å²) in [7, 11) is 1.40. The van der Waals surface area contributed by atoms with Crippen LogP contribution < -0.4 is 10.1 Å². The number of nitrogens with one attached hydrogen (secondary N) is 1. The van der Waals surface area contributed by atoms with Crippen LogP contribution in [0.25, 0.3) is 0 Å². The third-order valence-electron chi connectivity index (χ3n) is 3.53. The minimum absolute atomic E-state index is 0.0838. The van der Waals surface area contributed by atoms with Crippen LogP contribution in [0.15, 0.2) is 18.2 Å². The number of ether oxygens (including phenoxy) is 2. The van der Waals surface area contributed by atoms with Gasteiger partial charge in [0.1, 0.15) is 5.75 Å². The van der Waals surface area contributed by atoms with Crippen molar-refractivity contribution in [2.45, 2.75) is 26.1 Å². The fraction of sp³-hybridized carbons (Fsp3) is 0.533. The van der Waals surface area contributed by atoms with Crippen LogP contribution >= 0.6 is 0 Å². The van der Waals surface area contributed by atoms with Gasteiger partial charge in [0.25, 0.3) is 5.69 Å². The van der Waals surface area contributed by atoms with Gasteiger partial charge in [-0.25, -0.2) is 0 Å². The van der Waals surface area contributed by atoms with Crippen LogP contribution in [0, 0.1) is 10.1 Å². The van der Waals surface area contributed by atoms with E-state index in [-0.39, 0.29) is 36.1 Å². The van der Waals surface area contributed by atoms with Crippen LogP contribution in [0.3, 0.4) is 0 Å². The molecule has 1 aliphatic heterocycles. The van der Waals surface area contributed by atoms with Gasteiger partial charge in [0.05, 0.1) is 42.5 Å². The number of nitrogens with zero attached hydrogens (tertiary/aromatic N) is 2. The number of nitro groups is 1. The number of nitro benzene ring substituents is 1. The first kappa shape index (κ1) is 17.2. The number of non-ortho nitro benzene ring substituents is 1. The molecule has 1 saturated heterocycles. The van der Waals surface area contributed by atoms with E-state index in [1.807, 2.05) is 18.7 Å². The van der Waals surface area contributed by atoms with Crippen molar-refractivity contribution >= 4 is 17.3 Å². The summed E-state index contributed by atoms with van der Waals surface area (Å²) in [6, 6.07) is 4.09. The van der Waals surface area contributed by atoms with Crippen molar-refractivity contribution in [3.8, 4) is 5.75 Å². The number of carbonyl (C=O) groups is 1. The summed E-state index contributed by atoms with van der Waals surface area (Å²) in [5, 5.41) is 13.5. The molecule has 8 nitrogen and oxygen atoms in total. The molecule has 8 heteroatoms. The standard InChI is InChI=1S/C15H21N3O5/c1-10-7-17(8-11(2)23-10)9-15(19)16-13-5-4-12(18(20)21)6-14(13)22-3/h4-6,10-11H,7-9H2,1-3H3,(H,16,19)/t10-,11-/m1/s1. The normalized spacial score (nSPS) is 21.7. The van der Waals surface area contributed by atoms with Crippen LogP contribution in [0.5, 0.6) is 5.75 Å². The molecule has 2 atom stereocenters. The molecule has 0 spiro atoms. The summed E-state index contributed by atoms with van der Waals surface area (Å²) in [6.07, 6.45) is 0.168. The smallest absolute Gasteiger partial charge is 0.273 e. The average molecular weight is 323 g/mol. The van der Waals surface area contributed by atoms with Gasteiger partial charge >= 0.3 is 0 Å². The van der Waals surface area contributed by atoms with Crippen molar-refractivity contribution in [3.05, 3.63) is 28.3 Å². The highest BCUT2D eigenvalue weighted by molar-refractivity contribution is 5.93. The lowest BCUT2D eigenvalue weighted by atomic mass is 10.2. The first-order valence-corrected chi connectivity index (χ1v) is 7.39. The highest BCUT2D eigenvalue weighted by Gasteiger charge is 2.24. The van der Waals surface area contributed by atoms with E-state index in [9.17, 15) is 14.9 Å². The van der Waals surface area contributed by atoms with Gasteiger partial charge in [-0.3, -0.25) is 19.8 Å². The topological polar surface area (TPSA) is 93.9 Å². The summed E-state index contributed by atoms with van der Waals surface area (Å²) in [6.45, 7) is 5.56. The molecule has 1 amide bonds. The van der Waals surface area contributed by atoms with Crippen LogP contribution in [0.2, 0.25) is 0 Å². The Hall–Kier alpha value is -2.19. The van der Waals surface area contributed by atoms with Crippen molar-refractivity contribution in [3.63, 3.8) is 0 Å². The molecule has 0 bridgehead atoms. The molecule has 0 saturated carbocycles. The molecule has 2 rings (SSSR count). The molecular formula is C15H21N3O5. The molecule has 1 N–H and O–H groups in total. The lowest BCUT2D eigenvalue weighted by Crippen LogP contribution is -2.48. The predicted molar refractivity (Wildman–Crippen MR) is 84.7 cm³/mol. The molecule has 0 radical (unpaired) electrons. The Balaban J connectivity index is 2.01. The van der Waals surface area contributed by atoms with Gasteiger partial charge in [0.15, 0.2) is 0 Å². The summed E-state index contributed by atoms with van der Waals surface area (Å²) < 4.78 is 10.7. The second-order valence-corrected chi connectivity index (χ2v) is 5.64.